The average molecular weight is 474 g/mol. The molecule has 1 aliphatic rings. The van der Waals surface area contributed by atoms with Crippen LogP contribution in [0.25, 0.3) is 0 Å². The van der Waals surface area contributed by atoms with E-state index in [1.165, 1.54) is 0 Å². The van der Waals surface area contributed by atoms with Crippen molar-refractivity contribution in [1.29, 1.82) is 0 Å². The number of fused-ring (bicyclic) bond motifs is 1. The van der Waals surface area contributed by atoms with Gasteiger partial charge in [0.15, 0.2) is 11.5 Å². The van der Waals surface area contributed by atoms with Crippen LogP contribution in [0, 0.1) is 6.92 Å². The number of methoxy groups -OCH3 is 2. The molecule has 2 N–H and O–H groups in total. The normalized spacial score (nSPS) is 13.4. The molecule has 1 unspecified atom stereocenters. The summed E-state index contributed by atoms with van der Waals surface area (Å²) >= 11 is 0. The van der Waals surface area contributed by atoms with Gasteiger partial charge in [-0.2, -0.15) is 0 Å². The molecule has 35 heavy (non-hydrogen) atoms. The van der Waals surface area contributed by atoms with Crippen LogP contribution < -0.4 is 20.1 Å². The summed E-state index contributed by atoms with van der Waals surface area (Å²) in [7, 11) is 3.22. The van der Waals surface area contributed by atoms with Crippen molar-refractivity contribution in [2.45, 2.75) is 32.4 Å². The van der Waals surface area contributed by atoms with Crippen molar-refractivity contribution < 1.29 is 19.1 Å². The maximum atomic E-state index is 13.7. The number of rotatable bonds is 7. The van der Waals surface area contributed by atoms with Gasteiger partial charge < -0.3 is 25.0 Å². The maximum absolute atomic E-state index is 13.7. The highest BCUT2D eigenvalue weighted by Crippen LogP contribution is 2.33. The fourth-order valence-electron chi connectivity index (χ4n) is 4.39. The summed E-state index contributed by atoms with van der Waals surface area (Å²) in [4.78, 5) is 28.3. The first-order valence-electron chi connectivity index (χ1n) is 11.7. The number of nitrogens with zero attached hydrogens (tertiary/aromatic N) is 1. The van der Waals surface area contributed by atoms with E-state index in [9.17, 15) is 9.59 Å². The summed E-state index contributed by atoms with van der Waals surface area (Å²) < 4.78 is 10.9. The molecule has 0 radical (unpaired) electrons. The van der Waals surface area contributed by atoms with E-state index in [1.807, 2.05) is 73.7 Å². The molecule has 7 nitrogen and oxygen atoms in total. The number of nitrogens with one attached hydrogen (secondary N) is 2. The Balaban J connectivity index is 1.52. The molecule has 3 aromatic carbocycles. The summed E-state index contributed by atoms with van der Waals surface area (Å²) in [6.45, 7) is 2.97. The summed E-state index contributed by atoms with van der Waals surface area (Å²) in [5.74, 6) is 1.20. The summed E-state index contributed by atoms with van der Waals surface area (Å²) in [6, 6.07) is 20.1. The van der Waals surface area contributed by atoms with E-state index in [2.05, 4.69) is 10.6 Å². The van der Waals surface area contributed by atoms with Crippen LogP contribution in [0.2, 0.25) is 0 Å². The summed E-state index contributed by atoms with van der Waals surface area (Å²) in [5.41, 5.74) is 4.85. The minimum Gasteiger partial charge on any atom is -0.493 e. The highest BCUT2D eigenvalue weighted by atomic mass is 16.5. The predicted octanol–water partition coefficient (Wildman–Crippen LogP) is 4.33. The van der Waals surface area contributed by atoms with Crippen LogP contribution in [0.15, 0.2) is 66.7 Å². The first kappa shape index (κ1) is 24.1. The van der Waals surface area contributed by atoms with Gasteiger partial charge in [-0.1, -0.05) is 42.5 Å². The number of urea groups is 1. The first-order valence-corrected chi connectivity index (χ1v) is 11.7. The van der Waals surface area contributed by atoms with Crippen LogP contribution in [0.5, 0.6) is 11.5 Å². The van der Waals surface area contributed by atoms with Crippen molar-refractivity contribution in [2.75, 3.05) is 26.1 Å². The molecule has 0 spiro atoms. The number of aryl methyl sites for hydroxylation is 1. The molecule has 0 fully saturated rings. The van der Waals surface area contributed by atoms with Gasteiger partial charge in [-0.15, -0.1) is 0 Å². The lowest BCUT2D eigenvalue weighted by Gasteiger charge is -2.32. The molecule has 1 aliphatic heterocycles. The molecule has 7 heteroatoms. The van der Waals surface area contributed by atoms with Gasteiger partial charge in [-0.05, 0) is 59.9 Å². The van der Waals surface area contributed by atoms with E-state index in [0.717, 1.165) is 22.3 Å². The minimum atomic E-state index is -0.705. The number of carbonyl (C=O) groups is 2. The van der Waals surface area contributed by atoms with Crippen LogP contribution in [0.4, 0.5) is 10.5 Å². The van der Waals surface area contributed by atoms with Gasteiger partial charge >= 0.3 is 6.03 Å². The zero-order valence-electron chi connectivity index (χ0n) is 20.3. The molecular formula is C28H31N3O4. The molecule has 0 bridgehead atoms. The molecule has 4 rings (SSSR count). The van der Waals surface area contributed by atoms with E-state index >= 15 is 0 Å². The van der Waals surface area contributed by atoms with Gasteiger partial charge in [-0.25, -0.2) is 4.79 Å². The zero-order chi connectivity index (χ0) is 24.8. The topological polar surface area (TPSA) is 79.9 Å². The Bertz CT molecular complexity index is 1200. The predicted molar refractivity (Wildman–Crippen MR) is 136 cm³/mol. The summed E-state index contributed by atoms with van der Waals surface area (Å²) in [5, 5.41) is 5.76. The van der Waals surface area contributed by atoms with Gasteiger partial charge in [0.25, 0.3) is 0 Å². The number of hydrogen-bond acceptors (Lipinski definition) is 4. The molecule has 1 heterocycles. The number of amides is 3. The van der Waals surface area contributed by atoms with Crippen molar-refractivity contribution in [3.63, 3.8) is 0 Å². The lowest BCUT2D eigenvalue weighted by Crippen LogP contribution is -2.51. The SMILES string of the molecule is COc1cc2c(cc1OC)CN(C(=O)C(Cc1ccccc1)NC(=O)Nc1cccc(C)c1)CC2. The molecule has 0 saturated carbocycles. The average Bonchev–Trinajstić information content (AvgIpc) is 2.87. The first-order chi connectivity index (χ1) is 17.0. The highest BCUT2D eigenvalue weighted by Gasteiger charge is 2.29. The number of anilines is 1. The molecule has 0 aliphatic carbocycles. The highest BCUT2D eigenvalue weighted by molar-refractivity contribution is 5.94. The molecule has 0 aromatic heterocycles. The van der Waals surface area contributed by atoms with E-state index in [0.29, 0.717) is 43.1 Å². The largest absolute Gasteiger partial charge is 0.493 e. The van der Waals surface area contributed by atoms with Gasteiger partial charge in [0.05, 0.1) is 14.2 Å². The van der Waals surface area contributed by atoms with Crippen LogP contribution in [0.1, 0.15) is 22.3 Å². The second-order valence-corrected chi connectivity index (χ2v) is 8.70. The van der Waals surface area contributed by atoms with Crippen LogP contribution in [-0.2, 0) is 24.2 Å². The monoisotopic (exact) mass is 473 g/mol. The van der Waals surface area contributed by atoms with Crippen molar-refractivity contribution in [2.24, 2.45) is 0 Å². The van der Waals surface area contributed by atoms with E-state index < -0.39 is 12.1 Å². The van der Waals surface area contributed by atoms with Gasteiger partial charge in [0.2, 0.25) is 5.91 Å². The standard InChI is InChI=1S/C28H31N3O4/c1-19-8-7-11-23(14-19)29-28(33)30-24(15-20-9-5-4-6-10-20)27(32)31-13-12-21-16-25(34-2)26(35-3)17-22(21)18-31/h4-11,14,16-17,24H,12-13,15,18H2,1-3H3,(H2,29,30,33). The number of hydrogen-bond donors (Lipinski definition) is 2. The van der Waals surface area contributed by atoms with E-state index in [4.69, 9.17) is 9.47 Å². The third-order valence-corrected chi connectivity index (χ3v) is 6.19. The Labute approximate surface area is 206 Å². The van der Waals surface area contributed by atoms with Crippen LogP contribution in [-0.4, -0.2) is 43.6 Å². The van der Waals surface area contributed by atoms with Gasteiger partial charge in [0.1, 0.15) is 6.04 Å². The minimum absolute atomic E-state index is 0.117. The molecule has 0 saturated heterocycles. The molecule has 3 aromatic rings. The van der Waals surface area contributed by atoms with E-state index in [-0.39, 0.29) is 5.91 Å². The second kappa shape index (κ2) is 11.0. The Morgan fingerprint density at radius 1 is 0.943 bits per heavy atom. The Morgan fingerprint density at radius 3 is 2.34 bits per heavy atom. The van der Waals surface area contributed by atoms with E-state index in [1.54, 1.807) is 19.1 Å². The second-order valence-electron chi connectivity index (χ2n) is 8.70. The molecule has 3 amide bonds. The zero-order valence-corrected chi connectivity index (χ0v) is 20.3. The van der Waals surface area contributed by atoms with Crippen molar-refractivity contribution in [3.05, 3.63) is 89.0 Å². The number of ether oxygens (including phenoxy) is 2. The smallest absolute Gasteiger partial charge is 0.319 e. The lowest BCUT2D eigenvalue weighted by molar-refractivity contribution is -0.134. The number of carbonyl (C=O) groups excluding carboxylic acids is 2. The van der Waals surface area contributed by atoms with Crippen molar-refractivity contribution in [1.82, 2.24) is 10.2 Å². The number of benzene rings is 3. The Kier molecular flexibility index (Phi) is 7.55. The quantitative estimate of drug-likeness (QED) is 0.535. The Morgan fingerprint density at radius 2 is 1.66 bits per heavy atom. The van der Waals surface area contributed by atoms with Crippen molar-refractivity contribution >= 4 is 17.6 Å². The summed E-state index contributed by atoms with van der Waals surface area (Å²) in [6.07, 6.45) is 1.10. The third kappa shape index (κ3) is 5.93. The Hall–Kier alpha value is -4.00. The third-order valence-electron chi connectivity index (χ3n) is 6.19. The fourth-order valence-corrected chi connectivity index (χ4v) is 4.39. The maximum Gasteiger partial charge on any atom is 0.319 e. The lowest BCUT2D eigenvalue weighted by atomic mass is 9.97. The van der Waals surface area contributed by atoms with Gasteiger partial charge in [-0.3, -0.25) is 4.79 Å². The van der Waals surface area contributed by atoms with Crippen LogP contribution in [0.3, 0.4) is 0 Å². The van der Waals surface area contributed by atoms with Gasteiger partial charge in [0, 0.05) is 25.2 Å². The fraction of sp³-hybridized carbons (Fsp3) is 0.286. The molecule has 1 atom stereocenters. The van der Waals surface area contributed by atoms with Crippen LogP contribution >= 0.6 is 0 Å². The molecule has 182 valence electrons. The molecular weight excluding hydrogens is 442 g/mol. The van der Waals surface area contributed by atoms with Crippen molar-refractivity contribution in [3.8, 4) is 11.5 Å².